The molecule has 1 fully saturated rings. The van der Waals surface area contributed by atoms with E-state index >= 15 is 0 Å². The van der Waals surface area contributed by atoms with Crippen LogP contribution in [-0.4, -0.2) is 30.3 Å². The molecule has 174 valence electrons. The lowest BCUT2D eigenvalue weighted by molar-refractivity contribution is 0.143. The normalized spacial score (nSPS) is 14.9. The Hall–Kier alpha value is -3.98. The molecule has 0 aromatic heterocycles. The molecule has 1 heterocycles. The monoisotopic (exact) mass is 478 g/mol. The van der Waals surface area contributed by atoms with Crippen LogP contribution >= 0.6 is 12.2 Å². The summed E-state index contributed by atoms with van der Waals surface area (Å²) in [5.74, 6) is -0.543. The Bertz CT molecular complexity index is 1270. The molecule has 0 aliphatic carbocycles. The van der Waals surface area contributed by atoms with Crippen LogP contribution in [0.5, 0.6) is 0 Å². The number of hydrogen-bond donors (Lipinski definition) is 3. The van der Waals surface area contributed by atoms with Crippen LogP contribution in [-0.2, 0) is 4.74 Å². The molecule has 0 saturated carbocycles. The largest absolute Gasteiger partial charge is 0.442 e. The van der Waals surface area contributed by atoms with E-state index in [-0.39, 0.29) is 17.2 Å². The average Bonchev–Trinajstić information content (AvgIpc) is 3.11. The number of nitrogens with one attached hydrogen (secondary N) is 3. The summed E-state index contributed by atoms with van der Waals surface area (Å²) in [5, 5.41) is 9.03. The molecule has 3 aromatic carbocycles. The van der Waals surface area contributed by atoms with Crippen molar-refractivity contribution in [3.05, 3.63) is 88.8 Å². The van der Waals surface area contributed by atoms with Gasteiger partial charge in [0.2, 0.25) is 5.43 Å². The van der Waals surface area contributed by atoms with E-state index in [0.717, 1.165) is 5.69 Å². The standard InChI is InChI=1S/C25H23FN4O3S/c1-16(34)27-14-20-15-30(25(32)33-20)19-9-11-22(21(26)13-19)28-18-7-10-23(24(31)12-8-18)29-17-5-3-2-4-6-17/h2-13,20,28H,14-15H2,1H3,(H,27,34)(H,29,31)/t20-/m0/s1. The topological polar surface area (TPSA) is 82.7 Å². The lowest BCUT2D eigenvalue weighted by Crippen LogP contribution is -2.32. The highest BCUT2D eigenvalue weighted by Crippen LogP contribution is 2.27. The Balaban J connectivity index is 1.46. The minimum atomic E-state index is -0.543. The molecule has 4 rings (SSSR count). The van der Waals surface area contributed by atoms with Gasteiger partial charge in [-0.25, -0.2) is 9.18 Å². The number of amides is 1. The Morgan fingerprint density at radius 2 is 1.68 bits per heavy atom. The summed E-state index contributed by atoms with van der Waals surface area (Å²) >= 11 is 4.97. The summed E-state index contributed by atoms with van der Waals surface area (Å²) < 4.78 is 20.2. The van der Waals surface area contributed by atoms with Crippen molar-refractivity contribution in [2.75, 3.05) is 28.6 Å². The molecular weight excluding hydrogens is 455 g/mol. The highest BCUT2D eigenvalue weighted by molar-refractivity contribution is 7.80. The van der Waals surface area contributed by atoms with E-state index in [1.165, 1.54) is 17.0 Å². The number of carbonyl (C=O) groups is 1. The number of para-hydroxylation sites is 1. The molecule has 0 radical (unpaired) electrons. The van der Waals surface area contributed by atoms with Crippen molar-refractivity contribution in [3.63, 3.8) is 0 Å². The van der Waals surface area contributed by atoms with Gasteiger partial charge in [-0.05, 0) is 61.5 Å². The zero-order valence-electron chi connectivity index (χ0n) is 18.4. The molecule has 1 aliphatic rings. The van der Waals surface area contributed by atoms with Crippen molar-refractivity contribution in [1.82, 2.24) is 5.32 Å². The molecule has 1 saturated heterocycles. The van der Waals surface area contributed by atoms with Crippen molar-refractivity contribution in [2.24, 2.45) is 0 Å². The molecule has 9 heteroatoms. The number of benzene rings is 2. The molecule has 0 spiro atoms. The summed E-state index contributed by atoms with van der Waals surface area (Å²) in [6, 6.07) is 20.1. The van der Waals surface area contributed by atoms with Gasteiger partial charge in [0, 0.05) is 11.4 Å². The Morgan fingerprint density at radius 1 is 1.00 bits per heavy atom. The maximum atomic E-state index is 14.9. The molecule has 34 heavy (non-hydrogen) atoms. The quantitative estimate of drug-likeness (QED) is 0.415. The third kappa shape index (κ3) is 5.68. The van der Waals surface area contributed by atoms with Crippen LogP contribution in [0.2, 0.25) is 0 Å². The van der Waals surface area contributed by atoms with Crippen LogP contribution in [0.25, 0.3) is 0 Å². The fourth-order valence-electron chi connectivity index (χ4n) is 3.45. The lowest BCUT2D eigenvalue weighted by Gasteiger charge is -2.15. The number of hydrogen-bond acceptors (Lipinski definition) is 6. The van der Waals surface area contributed by atoms with Gasteiger partial charge >= 0.3 is 6.09 Å². The van der Waals surface area contributed by atoms with Crippen LogP contribution in [0, 0.1) is 5.82 Å². The van der Waals surface area contributed by atoms with E-state index < -0.39 is 11.9 Å². The molecule has 1 atom stereocenters. The van der Waals surface area contributed by atoms with Gasteiger partial charge < -0.3 is 20.7 Å². The highest BCUT2D eigenvalue weighted by atomic mass is 32.1. The van der Waals surface area contributed by atoms with Gasteiger partial charge in [0.1, 0.15) is 11.9 Å². The highest BCUT2D eigenvalue weighted by Gasteiger charge is 2.32. The number of rotatable bonds is 7. The van der Waals surface area contributed by atoms with Crippen LogP contribution < -0.4 is 26.3 Å². The number of ether oxygens (including phenoxy) is 1. The molecule has 1 aliphatic heterocycles. The second kappa shape index (κ2) is 10.3. The summed E-state index contributed by atoms with van der Waals surface area (Å²) in [6.45, 7) is 2.43. The van der Waals surface area contributed by atoms with E-state index in [9.17, 15) is 14.0 Å². The van der Waals surface area contributed by atoms with Crippen LogP contribution in [0.15, 0.2) is 77.6 Å². The molecule has 0 bridgehead atoms. The van der Waals surface area contributed by atoms with Crippen LogP contribution in [0.1, 0.15) is 6.92 Å². The summed E-state index contributed by atoms with van der Waals surface area (Å²) in [4.78, 5) is 26.6. The van der Waals surface area contributed by atoms with Crippen molar-refractivity contribution < 1.29 is 13.9 Å². The number of halogens is 1. The minimum absolute atomic E-state index is 0.201. The molecule has 1 amide bonds. The average molecular weight is 479 g/mol. The number of thiocarbonyl (C=S) groups is 1. The van der Waals surface area contributed by atoms with E-state index in [2.05, 4.69) is 16.0 Å². The zero-order chi connectivity index (χ0) is 24.1. The van der Waals surface area contributed by atoms with Gasteiger partial charge in [-0.3, -0.25) is 9.69 Å². The lowest BCUT2D eigenvalue weighted by atomic mass is 10.2. The second-order valence-corrected chi connectivity index (χ2v) is 8.35. The van der Waals surface area contributed by atoms with Crippen molar-refractivity contribution in [3.8, 4) is 0 Å². The van der Waals surface area contributed by atoms with Gasteiger partial charge in [-0.15, -0.1) is 0 Å². The summed E-state index contributed by atoms with van der Waals surface area (Å²) in [5.41, 5.74) is 2.13. The molecular formula is C25H23FN4O3S. The van der Waals surface area contributed by atoms with Crippen molar-refractivity contribution >= 4 is 51.7 Å². The fraction of sp³-hybridized carbons (Fsp3) is 0.160. The number of cyclic esters (lactones) is 1. The predicted octanol–water partition coefficient (Wildman–Crippen LogP) is 4.94. The fourth-order valence-corrected chi connectivity index (χ4v) is 3.54. The van der Waals surface area contributed by atoms with Crippen molar-refractivity contribution in [1.29, 1.82) is 0 Å². The van der Waals surface area contributed by atoms with E-state index in [4.69, 9.17) is 17.0 Å². The number of carbonyl (C=O) groups excluding carboxylic acids is 1. The maximum absolute atomic E-state index is 14.9. The van der Waals surface area contributed by atoms with Gasteiger partial charge in [0.15, 0.2) is 0 Å². The number of nitrogens with zero attached hydrogens (tertiary/aromatic N) is 1. The van der Waals surface area contributed by atoms with E-state index in [1.807, 2.05) is 30.3 Å². The summed E-state index contributed by atoms with van der Waals surface area (Å²) in [7, 11) is 0. The van der Waals surface area contributed by atoms with E-state index in [0.29, 0.717) is 35.1 Å². The first-order chi connectivity index (χ1) is 16.4. The first-order valence-electron chi connectivity index (χ1n) is 10.6. The first kappa shape index (κ1) is 23.2. The van der Waals surface area contributed by atoms with E-state index in [1.54, 1.807) is 37.3 Å². The molecule has 3 N–H and O–H groups in total. The third-order valence-electron chi connectivity index (χ3n) is 5.16. The summed E-state index contributed by atoms with van der Waals surface area (Å²) in [6.07, 6.45) is -0.916. The number of anilines is 5. The van der Waals surface area contributed by atoms with Crippen molar-refractivity contribution in [2.45, 2.75) is 13.0 Å². The maximum Gasteiger partial charge on any atom is 0.414 e. The minimum Gasteiger partial charge on any atom is -0.442 e. The van der Waals surface area contributed by atoms with Gasteiger partial charge in [-0.2, -0.15) is 0 Å². The van der Waals surface area contributed by atoms with Gasteiger partial charge in [0.25, 0.3) is 0 Å². The molecule has 7 nitrogen and oxygen atoms in total. The molecule has 3 aromatic rings. The zero-order valence-corrected chi connectivity index (χ0v) is 19.2. The van der Waals surface area contributed by atoms with Crippen LogP contribution in [0.4, 0.5) is 37.6 Å². The Labute approximate surface area is 201 Å². The third-order valence-corrected chi connectivity index (χ3v) is 5.30. The Morgan fingerprint density at radius 3 is 2.41 bits per heavy atom. The first-order valence-corrected chi connectivity index (χ1v) is 11.1. The smallest absolute Gasteiger partial charge is 0.414 e. The van der Waals surface area contributed by atoms with Gasteiger partial charge in [-0.1, -0.05) is 30.4 Å². The Kier molecular flexibility index (Phi) is 7.03. The van der Waals surface area contributed by atoms with Gasteiger partial charge in [0.05, 0.1) is 35.1 Å². The second-order valence-electron chi connectivity index (χ2n) is 7.73. The SMILES string of the molecule is CC(=S)NC[C@H]1CN(c2ccc(Nc3ccc(Nc4ccccc4)c(=O)cc3)c(F)c2)C(=O)O1. The predicted molar refractivity (Wildman–Crippen MR) is 136 cm³/mol. The molecule has 0 unspecified atom stereocenters. The van der Waals surface area contributed by atoms with Crippen LogP contribution in [0.3, 0.4) is 0 Å².